The Labute approximate surface area is 153 Å². The lowest BCUT2D eigenvalue weighted by molar-refractivity contribution is -0.141. The topological polar surface area (TPSA) is 202 Å². The minimum atomic E-state index is -1.54. The molecule has 13 heteroatoms. The molecule has 1 aliphatic rings. The summed E-state index contributed by atoms with van der Waals surface area (Å²) in [7, 11) is 0. The average molecular weight is 386 g/mol. The SMILES string of the molecule is CC(O)C(NC(=O)N[C@@H](CC(N)=O)c1nc([C@@H]2COCCN2)no1)C(=O)O. The molecular formula is C14H22N6O7. The number of urea groups is 1. The van der Waals surface area contributed by atoms with Crippen molar-refractivity contribution >= 4 is 17.9 Å². The van der Waals surface area contributed by atoms with Crippen LogP contribution >= 0.6 is 0 Å². The number of aromatic nitrogens is 2. The smallest absolute Gasteiger partial charge is 0.328 e. The number of nitrogens with one attached hydrogen (secondary N) is 3. The molecule has 1 aromatic heterocycles. The number of aliphatic hydroxyl groups excluding tert-OH is 1. The molecule has 2 unspecified atom stereocenters. The van der Waals surface area contributed by atoms with E-state index in [9.17, 15) is 19.5 Å². The lowest BCUT2D eigenvalue weighted by atomic mass is 10.2. The fourth-order valence-corrected chi connectivity index (χ4v) is 2.39. The summed E-state index contributed by atoms with van der Waals surface area (Å²) in [5, 5.41) is 29.8. The third-order valence-electron chi connectivity index (χ3n) is 3.73. The van der Waals surface area contributed by atoms with Gasteiger partial charge >= 0.3 is 12.0 Å². The minimum absolute atomic E-state index is 0.0738. The summed E-state index contributed by atoms with van der Waals surface area (Å²) < 4.78 is 10.4. The van der Waals surface area contributed by atoms with Crippen LogP contribution in [0.1, 0.15) is 37.1 Å². The molecule has 0 aromatic carbocycles. The number of carbonyl (C=O) groups excluding carboxylic acids is 2. The third-order valence-corrected chi connectivity index (χ3v) is 3.73. The zero-order valence-corrected chi connectivity index (χ0v) is 14.5. The number of nitrogens with two attached hydrogens (primary N) is 1. The molecule has 0 saturated carbocycles. The number of hydrogen-bond donors (Lipinski definition) is 6. The molecule has 3 amide bonds. The Bertz CT molecular complexity index is 673. The van der Waals surface area contributed by atoms with Gasteiger partial charge in [0.2, 0.25) is 11.8 Å². The number of morpholine rings is 1. The number of ether oxygens (including phenoxy) is 1. The van der Waals surface area contributed by atoms with E-state index in [2.05, 4.69) is 26.1 Å². The number of primary amides is 1. The van der Waals surface area contributed by atoms with Gasteiger partial charge in [-0.05, 0) is 6.92 Å². The van der Waals surface area contributed by atoms with E-state index in [0.29, 0.717) is 19.8 Å². The number of carboxylic acids is 1. The number of amides is 3. The Hall–Kier alpha value is -2.77. The van der Waals surface area contributed by atoms with Gasteiger partial charge in [0.05, 0.1) is 31.8 Å². The molecule has 13 nitrogen and oxygen atoms in total. The lowest BCUT2D eigenvalue weighted by Gasteiger charge is -2.21. The Morgan fingerprint density at radius 1 is 1.41 bits per heavy atom. The molecule has 2 heterocycles. The van der Waals surface area contributed by atoms with Crippen LogP contribution in [0.4, 0.5) is 4.79 Å². The van der Waals surface area contributed by atoms with Crippen molar-refractivity contribution in [2.45, 2.75) is 37.6 Å². The molecule has 7 N–H and O–H groups in total. The number of nitrogens with zero attached hydrogens (tertiary/aromatic N) is 2. The molecule has 1 aromatic rings. The van der Waals surface area contributed by atoms with Crippen molar-refractivity contribution in [3.63, 3.8) is 0 Å². The summed E-state index contributed by atoms with van der Waals surface area (Å²) in [5.41, 5.74) is 5.19. The van der Waals surface area contributed by atoms with E-state index in [1.54, 1.807) is 0 Å². The largest absolute Gasteiger partial charge is 0.480 e. The van der Waals surface area contributed by atoms with Crippen LogP contribution in [0.5, 0.6) is 0 Å². The number of carboxylic acid groups (broad SMARTS) is 1. The van der Waals surface area contributed by atoms with Crippen LogP contribution < -0.4 is 21.7 Å². The maximum Gasteiger partial charge on any atom is 0.328 e. The van der Waals surface area contributed by atoms with E-state index < -0.39 is 36.1 Å². The van der Waals surface area contributed by atoms with E-state index >= 15 is 0 Å². The molecule has 27 heavy (non-hydrogen) atoms. The molecule has 4 atom stereocenters. The van der Waals surface area contributed by atoms with Gasteiger partial charge in [0.1, 0.15) is 6.04 Å². The maximum atomic E-state index is 12.1. The summed E-state index contributed by atoms with van der Waals surface area (Å²) in [6, 6.07) is -3.86. The van der Waals surface area contributed by atoms with Gasteiger partial charge in [-0.25, -0.2) is 9.59 Å². The molecule has 150 valence electrons. The van der Waals surface area contributed by atoms with E-state index in [0.717, 1.165) is 0 Å². The zero-order valence-electron chi connectivity index (χ0n) is 14.5. The number of aliphatic hydroxyl groups is 1. The van der Waals surface area contributed by atoms with Gasteiger partial charge in [-0.1, -0.05) is 5.16 Å². The first kappa shape index (κ1) is 20.5. The van der Waals surface area contributed by atoms with Crippen LogP contribution in [-0.2, 0) is 14.3 Å². The normalized spacial score (nSPS) is 20.3. The van der Waals surface area contributed by atoms with Crippen molar-refractivity contribution in [3.05, 3.63) is 11.7 Å². The molecule has 0 spiro atoms. The lowest BCUT2D eigenvalue weighted by Crippen LogP contribution is -2.52. The number of carbonyl (C=O) groups is 3. The van der Waals surface area contributed by atoms with Crippen molar-refractivity contribution in [3.8, 4) is 0 Å². The maximum absolute atomic E-state index is 12.1. The molecule has 2 rings (SSSR count). The highest BCUT2D eigenvalue weighted by molar-refractivity contribution is 5.83. The summed E-state index contributed by atoms with van der Waals surface area (Å²) >= 11 is 0. The molecule has 1 aliphatic heterocycles. The summed E-state index contributed by atoms with van der Waals surface area (Å²) in [4.78, 5) is 38.6. The van der Waals surface area contributed by atoms with Crippen molar-refractivity contribution in [2.75, 3.05) is 19.8 Å². The Kier molecular flexibility index (Phi) is 7.04. The second-order valence-corrected chi connectivity index (χ2v) is 5.97. The zero-order chi connectivity index (χ0) is 20.0. The van der Waals surface area contributed by atoms with Crippen molar-refractivity contribution in [1.82, 2.24) is 26.1 Å². The monoisotopic (exact) mass is 386 g/mol. The predicted molar refractivity (Wildman–Crippen MR) is 87.2 cm³/mol. The van der Waals surface area contributed by atoms with Crippen molar-refractivity contribution < 1.29 is 33.9 Å². The van der Waals surface area contributed by atoms with Crippen molar-refractivity contribution in [2.24, 2.45) is 5.73 Å². The highest BCUT2D eigenvalue weighted by atomic mass is 16.5. The van der Waals surface area contributed by atoms with Gasteiger partial charge in [0, 0.05) is 6.54 Å². The Balaban J connectivity index is 2.08. The first-order chi connectivity index (χ1) is 12.8. The molecule has 0 aliphatic carbocycles. The van der Waals surface area contributed by atoms with Gasteiger partial charge in [-0.3, -0.25) is 4.79 Å². The van der Waals surface area contributed by atoms with E-state index in [1.807, 2.05) is 0 Å². The van der Waals surface area contributed by atoms with Gasteiger partial charge in [0.15, 0.2) is 11.9 Å². The quantitative estimate of drug-likeness (QED) is 0.284. The summed E-state index contributed by atoms with van der Waals surface area (Å²) in [5.74, 6) is -1.96. The molecule has 1 saturated heterocycles. The van der Waals surface area contributed by atoms with Gasteiger partial charge < -0.3 is 41.2 Å². The Morgan fingerprint density at radius 3 is 2.70 bits per heavy atom. The molecular weight excluding hydrogens is 364 g/mol. The van der Waals surface area contributed by atoms with Gasteiger partial charge in [0.25, 0.3) is 0 Å². The highest BCUT2D eigenvalue weighted by Crippen LogP contribution is 2.18. The molecule has 1 fully saturated rings. The van der Waals surface area contributed by atoms with Crippen LogP contribution in [0.2, 0.25) is 0 Å². The summed E-state index contributed by atoms with van der Waals surface area (Å²) in [6.07, 6.45) is -1.69. The first-order valence-electron chi connectivity index (χ1n) is 8.18. The standard InChI is InChI=1S/C14H22N6O7/c1-6(21)10(13(23)24)18-14(25)17-7(4-9(15)22)12-19-11(20-27-12)8-5-26-3-2-16-8/h6-8,10,16,21H,2-5H2,1H3,(H2,15,22)(H,23,24)(H2,17,18,25)/t6?,7-,8-,10?/m0/s1. The van der Waals surface area contributed by atoms with Crippen LogP contribution in [0, 0.1) is 0 Å². The third kappa shape index (κ3) is 5.87. The second-order valence-electron chi connectivity index (χ2n) is 5.97. The van der Waals surface area contributed by atoms with E-state index in [-0.39, 0.29) is 24.2 Å². The highest BCUT2D eigenvalue weighted by Gasteiger charge is 2.29. The van der Waals surface area contributed by atoms with Crippen molar-refractivity contribution in [1.29, 1.82) is 0 Å². The average Bonchev–Trinajstić information content (AvgIpc) is 3.09. The number of aliphatic carboxylic acids is 1. The number of hydrogen-bond acceptors (Lipinski definition) is 9. The minimum Gasteiger partial charge on any atom is -0.480 e. The fraction of sp³-hybridized carbons (Fsp3) is 0.643. The van der Waals surface area contributed by atoms with Crippen LogP contribution in [-0.4, -0.2) is 70.2 Å². The van der Waals surface area contributed by atoms with Gasteiger partial charge in [-0.15, -0.1) is 0 Å². The molecule has 0 bridgehead atoms. The van der Waals surface area contributed by atoms with E-state index in [1.165, 1.54) is 6.92 Å². The summed E-state index contributed by atoms with van der Waals surface area (Å²) in [6.45, 7) is 2.71. The Morgan fingerprint density at radius 2 is 2.15 bits per heavy atom. The van der Waals surface area contributed by atoms with Crippen LogP contribution in [0.25, 0.3) is 0 Å². The molecule has 0 radical (unpaired) electrons. The van der Waals surface area contributed by atoms with E-state index in [4.69, 9.17) is 20.1 Å². The first-order valence-corrected chi connectivity index (χ1v) is 8.18. The van der Waals surface area contributed by atoms with Crippen LogP contribution in [0.15, 0.2) is 4.52 Å². The number of rotatable bonds is 8. The predicted octanol–water partition coefficient (Wildman–Crippen LogP) is -2.22. The fourth-order valence-electron chi connectivity index (χ4n) is 2.39. The second kappa shape index (κ2) is 9.25. The van der Waals surface area contributed by atoms with Gasteiger partial charge in [-0.2, -0.15) is 4.98 Å². The van der Waals surface area contributed by atoms with Crippen LogP contribution in [0.3, 0.4) is 0 Å².